The fourth-order valence-electron chi connectivity index (χ4n) is 2.47. The van der Waals surface area contributed by atoms with Crippen molar-refractivity contribution in [2.75, 3.05) is 0 Å². The number of hydrogen-bond donors (Lipinski definition) is 1. The molecule has 3 rings (SSSR count). The van der Waals surface area contributed by atoms with Gasteiger partial charge in [0, 0.05) is 17.1 Å². The Hall–Kier alpha value is -2.27. The van der Waals surface area contributed by atoms with Crippen molar-refractivity contribution in [1.29, 1.82) is 0 Å². The van der Waals surface area contributed by atoms with Crippen LogP contribution < -0.4 is 5.73 Å². The van der Waals surface area contributed by atoms with E-state index in [4.69, 9.17) is 5.73 Å². The summed E-state index contributed by atoms with van der Waals surface area (Å²) in [7, 11) is 0. The number of nitrogens with two attached hydrogens (primary N) is 1. The van der Waals surface area contributed by atoms with Gasteiger partial charge in [-0.2, -0.15) is 4.99 Å². The summed E-state index contributed by atoms with van der Waals surface area (Å²) in [5, 5.41) is 0.308. The lowest BCUT2D eigenvalue weighted by Crippen LogP contribution is -2.01. The van der Waals surface area contributed by atoms with Gasteiger partial charge < -0.3 is 10.3 Å². The van der Waals surface area contributed by atoms with E-state index in [0.717, 1.165) is 22.6 Å². The van der Waals surface area contributed by atoms with Crippen LogP contribution >= 0.6 is 11.8 Å². The van der Waals surface area contributed by atoms with Crippen molar-refractivity contribution in [3.63, 3.8) is 0 Å². The van der Waals surface area contributed by atoms with Gasteiger partial charge in [0.1, 0.15) is 0 Å². The van der Waals surface area contributed by atoms with Gasteiger partial charge in [-0.25, -0.2) is 0 Å². The lowest BCUT2D eigenvalue weighted by molar-refractivity contribution is -0.113. The van der Waals surface area contributed by atoms with Crippen LogP contribution in [0.15, 0.2) is 46.3 Å². The number of hydrogen-bond acceptors (Lipinski definition) is 3. The zero-order valence-electron chi connectivity index (χ0n) is 11.8. The van der Waals surface area contributed by atoms with Gasteiger partial charge in [-0.3, -0.25) is 4.79 Å². The Morgan fingerprint density at radius 1 is 1.24 bits per heavy atom. The number of aromatic nitrogens is 1. The Morgan fingerprint density at radius 3 is 2.57 bits per heavy atom. The monoisotopic (exact) mass is 297 g/mol. The van der Waals surface area contributed by atoms with Gasteiger partial charge in [0.15, 0.2) is 5.17 Å². The van der Waals surface area contributed by atoms with E-state index in [9.17, 15) is 4.79 Å². The number of amides is 1. The van der Waals surface area contributed by atoms with E-state index in [1.54, 1.807) is 0 Å². The fourth-order valence-corrected chi connectivity index (χ4v) is 3.15. The minimum Gasteiger partial charge on any atom is -0.378 e. The number of benzene rings is 1. The number of nitrogens with zero attached hydrogens (tertiary/aromatic N) is 2. The maximum absolute atomic E-state index is 11.7. The molecule has 1 aliphatic heterocycles. The molecule has 106 valence electrons. The average Bonchev–Trinajstić information content (AvgIpc) is 2.91. The van der Waals surface area contributed by atoms with Crippen LogP contribution in [0.5, 0.6) is 0 Å². The van der Waals surface area contributed by atoms with Crippen molar-refractivity contribution < 1.29 is 4.79 Å². The summed E-state index contributed by atoms with van der Waals surface area (Å²) in [4.78, 5) is 16.0. The number of rotatable bonds is 2. The van der Waals surface area contributed by atoms with Crippen molar-refractivity contribution in [3.05, 3.63) is 58.3 Å². The molecule has 0 unspecified atom stereocenters. The van der Waals surface area contributed by atoms with Crippen molar-refractivity contribution in [2.45, 2.75) is 13.8 Å². The average molecular weight is 297 g/mol. The largest absolute Gasteiger partial charge is 0.378 e. The van der Waals surface area contributed by atoms with Crippen molar-refractivity contribution in [1.82, 2.24) is 4.57 Å². The molecular weight excluding hydrogens is 282 g/mol. The first-order chi connectivity index (χ1) is 10.1. The molecule has 0 radical (unpaired) electrons. The van der Waals surface area contributed by atoms with Crippen LogP contribution in [0.3, 0.4) is 0 Å². The summed E-state index contributed by atoms with van der Waals surface area (Å²) in [5.41, 5.74) is 9.91. The van der Waals surface area contributed by atoms with Crippen molar-refractivity contribution in [3.8, 4) is 5.69 Å². The summed E-state index contributed by atoms with van der Waals surface area (Å²) in [6, 6.07) is 12.2. The maximum Gasteiger partial charge on any atom is 0.286 e. The smallest absolute Gasteiger partial charge is 0.286 e. The minimum absolute atomic E-state index is 0.262. The number of carbonyl (C=O) groups is 1. The number of aryl methyl sites for hydroxylation is 1. The first-order valence-electron chi connectivity index (χ1n) is 6.58. The number of aliphatic imine (C=N–C) groups is 1. The third kappa shape index (κ3) is 2.52. The van der Waals surface area contributed by atoms with E-state index in [1.165, 1.54) is 11.8 Å². The molecule has 1 aromatic carbocycles. The standard InChI is InChI=1S/C16H15N3OS/c1-10-8-12(9-14-15(20)18-16(17)21-14)11(2)19(10)13-6-4-3-5-7-13/h3-9H,1-2H3,(H2,17,18,20)/b14-9-. The molecule has 0 saturated carbocycles. The highest BCUT2D eigenvalue weighted by atomic mass is 32.2. The van der Waals surface area contributed by atoms with E-state index in [1.807, 2.05) is 31.2 Å². The van der Waals surface area contributed by atoms with E-state index in [2.05, 4.69) is 34.7 Å². The summed E-state index contributed by atoms with van der Waals surface area (Å²) in [5.74, 6) is -0.262. The third-order valence-corrected chi connectivity index (χ3v) is 4.22. The van der Waals surface area contributed by atoms with Crippen LogP contribution in [-0.4, -0.2) is 15.6 Å². The number of thioether (sulfide) groups is 1. The van der Waals surface area contributed by atoms with Crippen molar-refractivity contribution in [2.24, 2.45) is 10.7 Å². The topological polar surface area (TPSA) is 60.4 Å². The van der Waals surface area contributed by atoms with Gasteiger partial charge in [0.25, 0.3) is 5.91 Å². The Balaban J connectivity index is 2.04. The summed E-state index contributed by atoms with van der Waals surface area (Å²) >= 11 is 1.22. The van der Waals surface area contributed by atoms with Gasteiger partial charge in [0.05, 0.1) is 4.91 Å². The number of amidine groups is 1. The maximum atomic E-state index is 11.7. The molecule has 0 fully saturated rings. The zero-order chi connectivity index (χ0) is 15.0. The quantitative estimate of drug-likeness (QED) is 0.867. The van der Waals surface area contributed by atoms with Crippen LogP contribution in [0.1, 0.15) is 17.0 Å². The van der Waals surface area contributed by atoms with Gasteiger partial charge in [-0.05, 0) is 55.4 Å². The Morgan fingerprint density at radius 2 is 1.95 bits per heavy atom. The molecule has 1 aliphatic rings. The molecular formula is C16H15N3OS. The first-order valence-corrected chi connectivity index (χ1v) is 7.40. The van der Waals surface area contributed by atoms with E-state index in [-0.39, 0.29) is 5.91 Å². The van der Waals surface area contributed by atoms with E-state index >= 15 is 0 Å². The Bertz CT molecular complexity index is 772. The second kappa shape index (κ2) is 5.26. The molecule has 1 aromatic heterocycles. The molecule has 0 bridgehead atoms. The van der Waals surface area contributed by atoms with Crippen LogP contribution in [0.25, 0.3) is 11.8 Å². The molecule has 0 saturated heterocycles. The van der Waals surface area contributed by atoms with Crippen molar-refractivity contribution >= 4 is 28.9 Å². The van der Waals surface area contributed by atoms with Gasteiger partial charge in [-0.1, -0.05) is 18.2 Å². The van der Waals surface area contributed by atoms with Crippen LogP contribution in [0, 0.1) is 13.8 Å². The third-order valence-electron chi connectivity index (χ3n) is 3.41. The lowest BCUT2D eigenvalue weighted by atomic mass is 10.2. The Labute approximate surface area is 127 Å². The van der Waals surface area contributed by atoms with Gasteiger partial charge >= 0.3 is 0 Å². The predicted octanol–water partition coefficient (Wildman–Crippen LogP) is 3.02. The van der Waals surface area contributed by atoms with E-state index < -0.39 is 0 Å². The molecule has 4 nitrogen and oxygen atoms in total. The number of carbonyl (C=O) groups excluding carboxylic acids is 1. The minimum atomic E-state index is -0.262. The van der Waals surface area contributed by atoms with Crippen LogP contribution in [0.2, 0.25) is 0 Å². The summed E-state index contributed by atoms with van der Waals surface area (Å²) < 4.78 is 2.17. The Kier molecular flexibility index (Phi) is 3.43. The summed E-state index contributed by atoms with van der Waals surface area (Å²) in [6.45, 7) is 4.09. The summed E-state index contributed by atoms with van der Waals surface area (Å²) in [6.07, 6.45) is 1.86. The molecule has 5 heteroatoms. The molecule has 0 atom stereocenters. The highest BCUT2D eigenvalue weighted by Gasteiger charge is 2.20. The normalized spacial score (nSPS) is 16.6. The molecule has 2 heterocycles. The number of para-hydroxylation sites is 1. The molecule has 2 N–H and O–H groups in total. The van der Waals surface area contributed by atoms with Gasteiger partial charge in [-0.15, -0.1) is 0 Å². The molecule has 0 spiro atoms. The highest BCUT2D eigenvalue weighted by molar-refractivity contribution is 8.18. The first kappa shape index (κ1) is 13.7. The SMILES string of the molecule is Cc1cc(/C=C2\SC(N)=NC2=O)c(C)n1-c1ccccc1. The van der Waals surface area contributed by atoms with Crippen LogP contribution in [0.4, 0.5) is 0 Å². The van der Waals surface area contributed by atoms with Crippen LogP contribution in [-0.2, 0) is 4.79 Å². The predicted molar refractivity (Wildman–Crippen MR) is 87.4 cm³/mol. The fraction of sp³-hybridized carbons (Fsp3) is 0.125. The van der Waals surface area contributed by atoms with Gasteiger partial charge in [0.2, 0.25) is 0 Å². The van der Waals surface area contributed by atoms with E-state index in [0.29, 0.717) is 10.1 Å². The zero-order valence-corrected chi connectivity index (χ0v) is 12.6. The molecule has 2 aromatic rings. The second-order valence-electron chi connectivity index (χ2n) is 4.86. The molecule has 21 heavy (non-hydrogen) atoms. The lowest BCUT2D eigenvalue weighted by Gasteiger charge is -2.09. The molecule has 1 amide bonds. The second-order valence-corrected chi connectivity index (χ2v) is 5.93. The molecule has 0 aliphatic carbocycles. The highest BCUT2D eigenvalue weighted by Crippen LogP contribution is 2.29.